The van der Waals surface area contributed by atoms with Gasteiger partial charge in [0.1, 0.15) is 6.04 Å². The van der Waals surface area contributed by atoms with E-state index in [-0.39, 0.29) is 0 Å². The number of guanidine groups is 1. The second kappa shape index (κ2) is 3.83. The average molecular weight is 198 g/mol. The SMILES string of the molecule is O=C(O)C1CN(C2=NCCN2)CCN1. The molecule has 2 rings (SSSR count). The van der Waals surface area contributed by atoms with E-state index in [0.717, 1.165) is 25.6 Å². The number of hydrogen-bond donors (Lipinski definition) is 3. The molecule has 1 saturated heterocycles. The Labute approximate surface area is 82.0 Å². The predicted octanol–water partition coefficient (Wildman–Crippen LogP) is -1.70. The van der Waals surface area contributed by atoms with E-state index in [2.05, 4.69) is 15.6 Å². The maximum atomic E-state index is 10.8. The molecule has 6 nitrogen and oxygen atoms in total. The van der Waals surface area contributed by atoms with Crippen molar-refractivity contribution in [2.24, 2.45) is 4.99 Å². The zero-order valence-corrected chi connectivity index (χ0v) is 7.86. The quantitative estimate of drug-likeness (QED) is 0.468. The summed E-state index contributed by atoms with van der Waals surface area (Å²) in [6.45, 7) is 3.64. The number of carbonyl (C=O) groups is 1. The Kier molecular flexibility index (Phi) is 2.53. The number of rotatable bonds is 1. The van der Waals surface area contributed by atoms with Crippen molar-refractivity contribution < 1.29 is 9.90 Å². The van der Waals surface area contributed by atoms with Crippen LogP contribution in [0.2, 0.25) is 0 Å². The first kappa shape index (κ1) is 9.26. The van der Waals surface area contributed by atoms with Crippen LogP contribution >= 0.6 is 0 Å². The monoisotopic (exact) mass is 198 g/mol. The fourth-order valence-electron chi connectivity index (χ4n) is 1.70. The van der Waals surface area contributed by atoms with Gasteiger partial charge in [-0.25, -0.2) is 0 Å². The van der Waals surface area contributed by atoms with Gasteiger partial charge in [0, 0.05) is 26.2 Å². The van der Waals surface area contributed by atoms with Gasteiger partial charge in [-0.15, -0.1) is 0 Å². The summed E-state index contributed by atoms with van der Waals surface area (Å²) < 4.78 is 0. The Balaban J connectivity index is 1.96. The van der Waals surface area contributed by atoms with Gasteiger partial charge in [0.2, 0.25) is 0 Å². The van der Waals surface area contributed by atoms with Crippen LogP contribution < -0.4 is 10.6 Å². The van der Waals surface area contributed by atoms with Crippen molar-refractivity contribution in [1.82, 2.24) is 15.5 Å². The van der Waals surface area contributed by atoms with Crippen LogP contribution in [0.5, 0.6) is 0 Å². The molecular formula is C8H14N4O2. The van der Waals surface area contributed by atoms with E-state index in [1.54, 1.807) is 0 Å². The smallest absolute Gasteiger partial charge is 0.322 e. The largest absolute Gasteiger partial charge is 0.480 e. The van der Waals surface area contributed by atoms with E-state index in [0.29, 0.717) is 13.1 Å². The van der Waals surface area contributed by atoms with Crippen molar-refractivity contribution in [2.45, 2.75) is 6.04 Å². The maximum absolute atomic E-state index is 10.8. The van der Waals surface area contributed by atoms with Gasteiger partial charge in [-0.05, 0) is 0 Å². The first-order valence-electron chi connectivity index (χ1n) is 4.77. The lowest BCUT2D eigenvalue weighted by Gasteiger charge is -2.32. The number of carboxylic acid groups (broad SMARTS) is 1. The van der Waals surface area contributed by atoms with E-state index in [1.165, 1.54) is 0 Å². The summed E-state index contributed by atoms with van der Waals surface area (Å²) in [6, 6.07) is -0.478. The van der Waals surface area contributed by atoms with Crippen molar-refractivity contribution in [2.75, 3.05) is 32.7 Å². The molecule has 0 radical (unpaired) electrons. The topological polar surface area (TPSA) is 77.0 Å². The number of piperazine rings is 1. The van der Waals surface area contributed by atoms with Crippen LogP contribution in [0.25, 0.3) is 0 Å². The van der Waals surface area contributed by atoms with Gasteiger partial charge < -0.3 is 20.6 Å². The fraction of sp³-hybridized carbons (Fsp3) is 0.750. The highest BCUT2D eigenvalue weighted by atomic mass is 16.4. The average Bonchev–Trinajstić information content (AvgIpc) is 2.71. The Morgan fingerprint density at radius 2 is 2.43 bits per heavy atom. The molecule has 1 fully saturated rings. The predicted molar refractivity (Wildman–Crippen MR) is 51.3 cm³/mol. The molecule has 0 aromatic heterocycles. The molecule has 0 aromatic rings. The second-order valence-electron chi connectivity index (χ2n) is 3.42. The Morgan fingerprint density at radius 1 is 1.57 bits per heavy atom. The molecule has 2 aliphatic rings. The third-order valence-electron chi connectivity index (χ3n) is 2.43. The Morgan fingerprint density at radius 3 is 3.07 bits per heavy atom. The molecule has 2 aliphatic heterocycles. The van der Waals surface area contributed by atoms with E-state index >= 15 is 0 Å². The molecule has 6 heteroatoms. The summed E-state index contributed by atoms with van der Waals surface area (Å²) in [6.07, 6.45) is 0. The summed E-state index contributed by atoms with van der Waals surface area (Å²) in [5, 5.41) is 14.9. The third-order valence-corrected chi connectivity index (χ3v) is 2.43. The van der Waals surface area contributed by atoms with E-state index in [4.69, 9.17) is 5.11 Å². The summed E-state index contributed by atoms with van der Waals surface area (Å²) >= 11 is 0. The number of nitrogens with zero attached hydrogens (tertiary/aromatic N) is 2. The van der Waals surface area contributed by atoms with Crippen molar-refractivity contribution >= 4 is 11.9 Å². The molecular weight excluding hydrogens is 184 g/mol. The molecule has 0 saturated carbocycles. The minimum absolute atomic E-state index is 0.478. The molecule has 0 aromatic carbocycles. The maximum Gasteiger partial charge on any atom is 0.322 e. The number of nitrogens with one attached hydrogen (secondary N) is 2. The normalized spacial score (nSPS) is 27.0. The summed E-state index contributed by atoms with van der Waals surface area (Å²) in [4.78, 5) is 17.0. The highest BCUT2D eigenvalue weighted by Gasteiger charge is 2.27. The standard InChI is InChI=1S/C8H14N4O2/c13-7(14)6-5-12(4-3-9-6)8-10-1-2-11-8/h6,9H,1-5H2,(H,10,11)(H,13,14). The van der Waals surface area contributed by atoms with Crippen molar-refractivity contribution in [3.63, 3.8) is 0 Å². The number of carboxylic acids is 1. The molecule has 78 valence electrons. The first-order valence-corrected chi connectivity index (χ1v) is 4.77. The van der Waals surface area contributed by atoms with Crippen LogP contribution in [-0.2, 0) is 4.79 Å². The van der Waals surface area contributed by atoms with Crippen molar-refractivity contribution in [3.8, 4) is 0 Å². The highest BCUT2D eigenvalue weighted by Crippen LogP contribution is 2.02. The first-order chi connectivity index (χ1) is 6.77. The zero-order valence-electron chi connectivity index (χ0n) is 7.86. The van der Waals surface area contributed by atoms with Gasteiger partial charge in [0.15, 0.2) is 5.96 Å². The lowest BCUT2D eigenvalue weighted by molar-refractivity contribution is -0.140. The molecule has 0 aliphatic carbocycles. The van der Waals surface area contributed by atoms with Crippen LogP contribution in [0.4, 0.5) is 0 Å². The third kappa shape index (κ3) is 1.79. The van der Waals surface area contributed by atoms with Crippen LogP contribution in [0.1, 0.15) is 0 Å². The van der Waals surface area contributed by atoms with Gasteiger partial charge >= 0.3 is 5.97 Å². The molecule has 3 N–H and O–H groups in total. The van der Waals surface area contributed by atoms with Gasteiger partial charge in [-0.2, -0.15) is 0 Å². The molecule has 1 unspecified atom stereocenters. The van der Waals surface area contributed by atoms with Gasteiger partial charge in [0.25, 0.3) is 0 Å². The zero-order chi connectivity index (χ0) is 9.97. The lowest BCUT2D eigenvalue weighted by atomic mass is 10.2. The Bertz CT molecular complexity index is 266. The highest BCUT2D eigenvalue weighted by molar-refractivity contribution is 5.83. The molecule has 0 bridgehead atoms. The second-order valence-corrected chi connectivity index (χ2v) is 3.42. The van der Waals surface area contributed by atoms with Crippen molar-refractivity contribution in [3.05, 3.63) is 0 Å². The summed E-state index contributed by atoms with van der Waals surface area (Å²) in [5.41, 5.74) is 0. The number of aliphatic imine (C=N–C) groups is 1. The van der Waals surface area contributed by atoms with E-state index < -0.39 is 12.0 Å². The van der Waals surface area contributed by atoms with Gasteiger partial charge in [-0.1, -0.05) is 0 Å². The molecule has 14 heavy (non-hydrogen) atoms. The summed E-state index contributed by atoms with van der Waals surface area (Å²) in [5.74, 6) is 0.0473. The van der Waals surface area contributed by atoms with Gasteiger partial charge in [-0.3, -0.25) is 9.79 Å². The summed E-state index contributed by atoms with van der Waals surface area (Å²) in [7, 11) is 0. The Hall–Kier alpha value is -1.30. The van der Waals surface area contributed by atoms with E-state index in [9.17, 15) is 4.79 Å². The van der Waals surface area contributed by atoms with Crippen LogP contribution in [0, 0.1) is 0 Å². The van der Waals surface area contributed by atoms with Crippen molar-refractivity contribution in [1.29, 1.82) is 0 Å². The fourth-order valence-corrected chi connectivity index (χ4v) is 1.70. The van der Waals surface area contributed by atoms with Gasteiger partial charge in [0.05, 0.1) is 6.54 Å². The van der Waals surface area contributed by atoms with E-state index in [1.807, 2.05) is 4.90 Å². The molecule has 0 amide bonds. The lowest BCUT2D eigenvalue weighted by Crippen LogP contribution is -2.57. The minimum atomic E-state index is -0.798. The molecule has 0 spiro atoms. The molecule has 1 atom stereocenters. The van der Waals surface area contributed by atoms with Crippen LogP contribution in [-0.4, -0.2) is 60.7 Å². The molecule has 2 heterocycles. The minimum Gasteiger partial charge on any atom is -0.480 e. The van der Waals surface area contributed by atoms with Crippen LogP contribution in [0.15, 0.2) is 4.99 Å². The van der Waals surface area contributed by atoms with Crippen LogP contribution in [0.3, 0.4) is 0 Å². The number of aliphatic carboxylic acids is 1. The number of hydrogen-bond acceptors (Lipinski definition) is 5.